The lowest BCUT2D eigenvalue weighted by Gasteiger charge is -2.10. The lowest BCUT2D eigenvalue weighted by atomic mass is 10.3. The number of aliphatic imine (C=N–C) groups is 1. The molecule has 1 unspecified atom stereocenters. The van der Waals surface area contributed by atoms with Crippen LogP contribution in [0.25, 0.3) is 0 Å². The van der Waals surface area contributed by atoms with Gasteiger partial charge in [-0.15, -0.1) is 0 Å². The maximum Gasteiger partial charge on any atom is 0.0862 e. The molecular weight excluding hydrogens is 128 g/mol. The molecule has 0 heterocycles. The maximum atomic E-state index is 6.54. The minimum absolute atomic E-state index is 0.308. The summed E-state index contributed by atoms with van der Waals surface area (Å²) in [7, 11) is 3.76. The molecule has 0 radical (unpaired) electrons. The Balaban J connectivity index is 3.48. The highest BCUT2D eigenvalue weighted by atomic mass is 15.0. The molecule has 0 aromatic heterocycles. The molecule has 4 heteroatoms. The van der Waals surface area contributed by atoms with E-state index in [9.17, 15) is 0 Å². The summed E-state index contributed by atoms with van der Waals surface area (Å²) >= 11 is 0. The average Bonchev–Trinajstić information content (AvgIpc) is 1.98. The first-order chi connectivity index (χ1) is 4.85. The highest BCUT2D eigenvalue weighted by molar-refractivity contribution is 5.35. The van der Waals surface area contributed by atoms with Crippen LogP contribution in [0.3, 0.4) is 0 Å². The molecule has 0 aromatic carbocycles. The maximum absolute atomic E-state index is 6.54. The summed E-state index contributed by atoms with van der Waals surface area (Å²) in [5, 5.41) is 12.6. The summed E-state index contributed by atoms with van der Waals surface area (Å²) in [6, 6.07) is 2.31. The van der Waals surface area contributed by atoms with E-state index in [0.717, 1.165) is 6.54 Å². The zero-order valence-electron chi connectivity index (χ0n) is 6.44. The molecule has 0 amide bonds. The van der Waals surface area contributed by atoms with Gasteiger partial charge in [0.2, 0.25) is 0 Å². The van der Waals surface area contributed by atoms with Gasteiger partial charge in [-0.1, -0.05) is 0 Å². The Hall–Kier alpha value is -0.700. The molecule has 0 aliphatic rings. The minimum atomic E-state index is 0.308. The van der Waals surface area contributed by atoms with E-state index in [1.165, 1.54) is 0 Å². The first-order valence-electron chi connectivity index (χ1n) is 3.25. The average molecular weight is 142 g/mol. The lowest BCUT2D eigenvalue weighted by molar-refractivity contribution is 0.543. The van der Waals surface area contributed by atoms with Crippen LogP contribution in [-0.2, 0) is 0 Å². The van der Waals surface area contributed by atoms with Crippen LogP contribution in [0.4, 0.5) is 0 Å². The molecule has 1 atom stereocenters. The molecule has 0 aromatic rings. The summed E-state index contributed by atoms with van der Waals surface area (Å²) < 4.78 is 0. The first kappa shape index (κ1) is 9.30. The molecule has 0 fully saturated rings. The molecular formula is C6H14N4. The van der Waals surface area contributed by atoms with Crippen LogP contribution in [0.1, 0.15) is 0 Å². The highest BCUT2D eigenvalue weighted by Crippen LogP contribution is 1.79. The van der Waals surface area contributed by atoms with Crippen molar-refractivity contribution in [3.63, 3.8) is 0 Å². The summed E-state index contributed by atoms with van der Waals surface area (Å²) in [6.07, 6.45) is 0. The summed E-state index contributed by atoms with van der Waals surface area (Å²) in [6.45, 7) is 1.47. The van der Waals surface area contributed by atoms with Gasteiger partial charge < -0.3 is 10.6 Å². The normalized spacial score (nSPS) is 12.2. The lowest BCUT2D eigenvalue weighted by Crippen LogP contribution is -2.37. The fourth-order valence-electron chi connectivity index (χ4n) is 0.660. The fraction of sp³-hybridized carbons (Fsp3) is 0.833. The minimum Gasteiger partial charge on any atom is -0.318 e. The fourth-order valence-corrected chi connectivity index (χ4v) is 0.660. The van der Waals surface area contributed by atoms with Crippen LogP contribution in [-0.4, -0.2) is 39.2 Å². The van der Waals surface area contributed by atoms with Crippen molar-refractivity contribution in [3.05, 3.63) is 0 Å². The molecule has 0 rings (SSSR count). The van der Waals surface area contributed by atoms with Gasteiger partial charge in [0.1, 0.15) is 0 Å². The van der Waals surface area contributed by atoms with Gasteiger partial charge in [0.25, 0.3) is 0 Å². The molecule has 0 bridgehead atoms. The second-order valence-electron chi connectivity index (χ2n) is 2.00. The summed E-state index contributed by atoms with van der Waals surface area (Å²) in [5.41, 5.74) is 0. The topological polar surface area (TPSA) is 60.3 Å². The standard InChI is InChI=1S/C6H14N4/c1-8-3-6(9-2)4-10-5-7/h6-9H,3-4H2,1-2H3. The van der Waals surface area contributed by atoms with Gasteiger partial charge >= 0.3 is 0 Å². The Morgan fingerprint density at radius 3 is 2.70 bits per heavy atom. The number of nitrogens with zero attached hydrogens (tertiary/aromatic N) is 1. The van der Waals surface area contributed by atoms with Crippen molar-refractivity contribution in [1.29, 1.82) is 5.41 Å². The van der Waals surface area contributed by atoms with Crippen molar-refractivity contribution in [2.75, 3.05) is 27.2 Å². The van der Waals surface area contributed by atoms with Crippen LogP contribution in [0.15, 0.2) is 4.99 Å². The SMILES string of the molecule is CNCC(CN=C=N)NC. The van der Waals surface area contributed by atoms with Gasteiger partial charge in [-0.25, -0.2) is 10.4 Å². The number of likely N-dealkylation sites (N-methyl/N-ethyl adjacent to an activating group) is 2. The molecule has 0 saturated heterocycles. The van der Waals surface area contributed by atoms with Crippen molar-refractivity contribution >= 4 is 6.01 Å². The van der Waals surface area contributed by atoms with Gasteiger partial charge in [-0.2, -0.15) is 0 Å². The Morgan fingerprint density at radius 2 is 2.30 bits per heavy atom. The van der Waals surface area contributed by atoms with Crippen molar-refractivity contribution < 1.29 is 0 Å². The third kappa shape index (κ3) is 4.21. The van der Waals surface area contributed by atoms with Gasteiger partial charge in [-0.3, -0.25) is 0 Å². The predicted octanol–water partition coefficient (Wildman–Crippen LogP) is -0.454. The van der Waals surface area contributed by atoms with Gasteiger partial charge in [0.15, 0.2) is 0 Å². The van der Waals surface area contributed by atoms with Crippen molar-refractivity contribution in [1.82, 2.24) is 10.6 Å². The van der Waals surface area contributed by atoms with E-state index in [1.807, 2.05) is 20.1 Å². The monoisotopic (exact) mass is 142 g/mol. The molecule has 10 heavy (non-hydrogen) atoms. The number of nitrogens with one attached hydrogen (secondary N) is 3. The van der Waals surface area contributed by atoms with E-state index in [1.54, 1.807) is 0 Å². The van der Waals surface area contributed by atoms with E-state index in [2.05, 4.69) is 15.6 Å². The second kappa shape index (κ2) is 6.42. The van der Waals surface area contributed by atoms with E-state index in [0.29, 0.717) is 12.6 Å². The van der Waals surface area contributed by atoms with Crippen molar-refractivity contribution in [2.24, 2.45) is 4.99 Å². The number of hydrogen-bond acceptors (Lipinski definition) is 4. The zero-order chi connectivity index (χ0) is 7.82. The molecule has 0 saturated carbocycles. The third-order valence-electron chi connectivity index (χ3n) is 1.25. The van der Waals surface area contributed by atoms with Crippen LogP contribution in [0.2, 0.25) is 0 Å². The van der Waals surface area contributed by atoms with Crippen LogP contribution < -0.4 is 10.6 Å². The van der Waals surface area contributed by atoms with Crippen LogP contribution >= 0.6 is 0 Å². The molecule has 0 aliphatic heterocycles. The third-order valence-corrected chi connectivity index (χ3v) is 1.25. The smallest absolute Gasteiger partial charge is 0.0862 e. The van der Waals surface area contributed by atoms with Gasteiger partial charge in [-0.05, 0) is 14.1 Å². The Morgan fingerprint density at radius 1 is 1.60 bits per heavy atom. The Bertz CT molecular complexity index is 117. The summed E-state index contributed by atoms with van der Waals surface area (Å²) in [4.78, 5) is 3.68. The quantitative estimate of drug-likeness (QED) is 0.455. The molecule has 3 N–H and O–H groups in total. The van der Waals surface area contributed by atoms with E-state index in [4.69, 9.17) is 5.41 Å². The van der Waals surface area contributed by atoms with E-state index >= 15 is 0 Å². The summed E-state index contributed by atoms with van der Waals surface area (Å²) in [5.74, 6) is 0. The van der Waals surface area contributed by atoms with E-state index in [-0.39, 0.29) is 0 Å². The first-order valence-corrected chi connectivity index (χ1v) is 3.25. The van der Waals surface area contributed by atoms with Crippen LogP contribution in [0, 0.1) is 5.41 Å². The Kier molecular flexibility index (Phi) is 5.97. The molecule has 0 aliphatic carbocycles. The number of hydrogen-bond donors (Lipinski definition) is 3. The molecule has 4 nitrogen and oxygen atoms in total. The largest absolute Gasteiger partial charge is 0.318 e. The van der Waals surface area contributed by atoms with Crippen LogP contribution in [0.5, 0.6) is 0 Å². The molecule has 0 spiro atoms. The van der Waals surface area contributed by atoms with Crippen molar-refractivity contribution in [2.45, 2.75) is 6.04 Å². The highest BCUT2D eigenvalue weighted by Gasteiger charge is 2.00. The Labute approximate surface area is 61.2 Å². The zero-order valence-corrected chi connectivity index (χ0v) is 6.44. The molecule has 58 valence electrons. The second-order valence-corrected chi connectivity index (χ2v) is 2.00. The van der Waals surface area contributed by atoms with Crippen molar-refractivity contribution in [3.8, 4) is 0 Å². The van der Waals surface area contributed by atoms with Gasteiger partial charge in [0.05, 0.1) is 12.6 Å². The van der Waals surface area contributed by atoms with E-state index < -0.39 is 0 Å². The van der Waals surface area contributed by atoms with Gasteiger partial charge in [0, 0.05) is 12.6 Å². The predicted molar refractivity (Wildman–Crippen MR) is 41.8 cm³/mol. The number of rotatable bonds is 5.